The van der Waals surface area contributed by atoms with E-state index in [1.54, 1.807) is 14.2 Å². The Kier molecular flexibility index (Phi) is 6.18. The molecular formula is C25H30O2. The third-order valence-corrected chi connectivity index (χ3v) is 5.19. The van der Waals surface area contributed by atoms with Gasteiger partial charge in [0.25, 0.3) is 0 Å². The van der Waals surface area contributed by atoms with Crippen molar-refractivity contribution < 1.29 is 10.9 Å². The second-order valence-electron chi connectivity index (χ2n) is 7.21. The highest BCUT2D eigenvalue weighted by molar-refractivity contribution is 5.73. The maximum Gasteiger partial charge on any atom is 0.160 e. The molecule has 1 aliphatic carbocycles. The van der Waals surface area contributed by atoms with Gasteiger partial charge < -0.3 is 9.47 Å². The van der Waals surface area contributed by atoms with E-state index in [0.29, 0.717) is 11.8 Å². The molecular weight excluding hydrogens is 332 g/mol. The van der Waals surface area contributed by atoms with Crippen LogP contribution < -0.4 is 9.47 Å². The molecule has 27 heavy (non-hydrogen) atoms. The maximum absolute atomic E-state index is 5.44. The molecule has 3 rings (SSSR count). The van der Waals surface area contributed by atoms with Crippen LogP contribution in [0.1, 0.15) is 25.9 Å². The summed E-state index contributed by atoms with van der Waals surface area (Å²) in [5.41, 5.74) is 5.10. The molecule has 2 atom stereocenters. The second-order valence-corrected chi connectivity index (χ2v) is 7.21. The minimum Gasteiger partial charge on any atom is -0.493 e. The van der Waals surface area contributed by atoms with Crippen molar-refractivity contribution in [3.05, 3.63) is 90.0 Å². The molecule has 0 saturated heterocycles. The topological polar surface area (TPSA) is 18.5 Å². The summed E-state index contributed by atoms with van der Waals surface area (Å²) >= 11 is 0. The van der Waals surface area contributed by atoms with Crippen molar-refractivity contribution in [1.82, 2.24) is 0 Å². The standard InChI is InChI=1S/C25H28O2.H2/c1-18(15-20-13-14-24(26-3)25(17-20)27-4)16-23-19(2)9-8-12-22(23)21-10-6-5-7-11-21;/h5-14,17-18,23H,2,15-16H2,1,3-4H3;1H. The first-order chi connectivity index (χ1) is 13.1. The number of allylic oxidation sites excluding steroid dienone is 5. The molecule has 0 spiro atoms. The third-order valence-electron chi connectivity index (χ3n) is 5.19. The van der Waals surface area contributed by atoms with E-state index < -0.39 is 0 Å². The van der Waals surface area contributed by atoms with E-state index in [2.05, 4.69) is 74.2 Å². The van der Waals surface area contributed by atoms with E-state index >= 15 is 0 Å². The smallest absolute Gasteiger partial charge is 0.160 e. The van der Waals surface area contributed by atoms with Gasteiger partial charge in [-0.2, -0.15) is 0 Å². The van der Waals surface area contributed by atoms with Crippen LogP contribution in [0.15, 0.2) is 78.9 Å². The predicted molar refractivity (Wildman–Crippen MR) is 115 cm³/mol. The molecule has 0 fully saturated rings. The van der Waals surface area contributed by atoms with E-state index in [1.807, 2.05) is 6.07 Å². The third kappa shape index (κ3) is 4.51. The van der Waals surface area contributed by atoms with Gasteiger partial charge in [0.05, 0.1) is 14.2 Å². The quantitative estimate of drug-likeness (QED) is 0.572. The molecule has 0 aliphatic heterocycles. The minimum atomic E-state index is 0. The minimum absolute atomic E-state index is 0. The van der Waals surface area contributed by atoms with Gasteiger partial charge in [0.15, 0.2) is 11.5 Å². The molecule has 2 unspecified atom stereocenters. The molecule has 142 valence electrons. The van der Waals surface area contributed by atoms with Crippen LogP contribution in [0.2, 0.25) is 0 Å². The van der Waals surface area contributed by atoms with Gasteiger partial charge in [-0.1, -0.05) is 68.1 Å². The van der Waals surface area contributed by atoms with Gasteiger partial charge in [-0.25, -0.2) is 0 Å². The van der Waals surface area contributed by atoms with Gasteiger partial charge in [-0.3, -0.25) is 0 Å². The van der Waals surface area contributed by atoms with Crippen LogP contribution in [0.25, 0.3) is 5.57 Å². The van der Waals surface area contributed by atoms with Crippen molar-refractivity contribution >= 4 is 5.57 Å². The first-order valence-electron chi connectivity index (χ1n) is 9.45. The first-order valence-corrected chi connectivity index (χ1v) is 9.45. The molecule has 0 saturated carbocycles. The number of hydrogen-bond donors (Lipinski definition) is 0. The predicted octanol–water partition coefficient (Wildman–Crippen LogP) is 6.34. The van der Waals surface area contributed by atoms with Crippen LogP contribution in [0.5, 0.6) is 11.5 Å². The molecule has 1 aliphatic rings. The average molecular weight is 363 g/mol. The zero-order valence-corrected chi connectivity index (χ0v) is 16.4. The molecule has 2 aromatic rings. The highest BCUT2D eigenvalue weighted by Crippen LogP contribution is 2.37. The van der Waals surface area contributed by atoms with Crippen LogP contribution in [0, 0.1) is 11.8 Å². The number of methoxy groups -OCH3 is 2. The van der Waals surface area contributed by atoms with Crippen molar-refractivity contribution in [2.24, 2.45) is 11.8 Å². The highest BCUT2D eigenvalue weighted by atomic mass is 16.5. The van der Waals surface area contributed by atoms with Gasteiger partial charge in [0.1, 0.15) is 0 Å². The Hall–Kier alpha value is -2.74. The van der Waals surface area contributed by atoms with Crippen molar-refractivity contribution in [3.63, 3.8) is 0 Å². The fourth-order valence-corrected chi connectivity index (χ4v) is 3.81. The highest BCUT2D eigenvalue weighted by Gasteiger charge is 2.22. The summed E-state index contributed by atoms with van der Waals surface area (Å²) in [6.07, 6.45) is 8.55. The van der Waals surface area contributed by atoms with E-state index in [1.165, 1.54) is 22.3 Å². The number of rotatable bonds is 7. The fraction of sp³-hybridized carbons (Fsp3) is 0.280. The Morgan fingerprint density at radius 2 is 1.78 bits per heavy atom. The number of benzene rings is 2. The van der Waals surface area contributed by atoms with Crippen LogP contribution in [-0.2, 0) is 6.42 Å². The lowest BCUT2D eigenvalue weighted by atomic mass is 9.77. The van der Waals surface area contributed by atoms with Gasteiger partial charge in [-0.05, 0) is 53.2 Å². The lowest BCUT2D eigenvalue weighted by Crippen LogP contribution is -2.14. The summed E-state index contributed by atoms with van der Waals surface area (Å²) < 4.78 is 10.8. The fourth-order valence-electron chi connectivity index (χ4n) is 3.81. The van der Waals surface area contributed by atoms with Gasteiger partial charge in [0.2, 0.25) is 0 Å². The summed E-state index contributed by atoms with van der Waals surface area (Å²) in [7, 11) is 3.35. The molecule has 0 aromatic heterocycles. The van der Waals surface area contributed by atoms with Crippen molar-refractivity contribution in [2.45, 2.75) is 19.8 Å². The second kappa shape index (κ2) is 8.77. The Labute approximate surface area is 164 Å². The Morgan fingerprint density at radius 1 is 1.04 bits per heavy atom. The normalized spacial score (nSPS) is 17.4. The van der Waals surface area contributed by atoms with Gasteiger partial charge in [0, 0.05) is 7.34 Å². The molecule has 2 aromatic carbocycles. The van der Waals surface area contributed by atoms with Crippen LogP contribution >= 0.6 is 0 Å². The molecule has 0 N–H and O–H groups in total. The van der Waals surface area contributed by atoms with Gasteiger partial charge in [-0.15, -0.1) is 0 Å². The molecule has 0 heterocycles. The van der Waals surface area contributed by atoms with Crippen LogP contribution in [-0.4, -0.2) is 14.2 Å². The molecule has 0 radical (unpaired) electrons. The molecule has 0 amide bonds. The summed E-state index contributed by atoms with van der Waals surface area (Å²) in [5, 5.41) is 0. The molecule has 2 nitrogen and oxygen atoms in total. The molecule has 0 bridgehead atoms. The summed E-state index contributed by atoms with van der Waals surface area (Å²) in [6.45, 7) is 6.63. The van der Waals surface area contributed by atoms with Crippen LogP contribution in [0.4, 0.5) is 0 Å². The zero-order valence-electron chi connectivity index (χ0n) is 16.4. The lowest BCUT2D eigenvalue weighted by Gasteiger charge is -2.27. The average Bonchev–Trinajstić information content (AvgIpc) is 2.70. The summed E-state index contributed by atoms with van der Waals surface area (Å²) in [5.74, 6) is 2.43. The van der Waals surface area contributed by atoms with Crippen molar-refractivity contribution in [2.75, 3.05) is 14.2 Å². The van der Waals surface area contributed by atoms with Gasteiger partial charge >= 0.3 is 0 Å². The lowest BCUT2D eigenvalue weighted by molar-refractivity contribution is 0.354. The van der Waals surface area contributed by atoms with Crippen molar-refractivity contribution in [3.8, 4) is 11.5 Å². The number of ether oxygens (including phenoxy) is 2. The Bertz CT molecular complexity index is 852. The molecule has 2 heteroatoms. The van der Waals surface area contributed by atoms with E-state index in [9.17, 15) is 0 Å². The Balaban J connectivity index is 0.00000280. The van der Waals surface area contributed by atoms with Crippen molar-refractivity contribution in [1.29, 1.82) is 0 Å². The summed E-state index contributed by atoms with van der Waals surface area (Å²) in [6, 6.07) is 16.8. The monoisotopic (exact) mass is 362 g/mol. The largest absolute Gasteiger partial charge is 0.493 e. The first kappa shape index (κ1) is 19.0. The SMILES string of the molecule is C=C1C=CC=C(c2ccccc2)C1CC(C)Cc1ccc(OC)c(OC)c1.[HH]. The maximum atomic E-state index is 5.44. The zero-order chi connectivity index (χ0) is 19.2. The Morgan fingerprint density at radius 3 is 2.48 bits per heavy atom. The number of hydrogen-bond acceptors (Lipinski definition) is 2. The van der Waals surface area contributed by atoms with E-state index in [0.717, 1.165) is 24.3 Å². The van der Waals surface area contributed by atoms with E-state index in [-0.39, 0.29) is 1.43 Å². The summed E-state index contributed by atoms with van der Waals surface area (Å²) in [4.78, 5) is 0. The van der Waals surface area contributed by atoms with E-state index in [4.69, 9.17) is 9.47 Å². The van der Waals surface area contributed by atoms with Crippen LogP contribution in [0.3, 0.4) is 0 Å².